The zero-order valence-corrected chi connectivity index (χ0v) is 16.1. The van der Waals surface area contributed by atoms with Crippen LogP contribution in [0.2, 0.25) is 10.0 Å². The van der Waals surface area contributed by atoms with Crippen LogP contribution in [0.3, 0.4) is 0 Å². The largest absolute Gasteiger partial charge is 0.479 e. The highest BCUT2D eigenvalue weighted by Crippen LogP contribution is 2.37. The summed E-state index contributed by atoms with van der Waals surface area (Å²) in [7, 11) is 1.62. The first kappa shape index (κ1) is 18.8. The molecule has 1 aromatic heterocycles. The van der Waals surface area contributed by atoms with Gasteiger partial charge >= 0.3 is 0 Å². The molecule has 0 aliphatic rings. The second-order valence-electron chi connectivity index (χ2n) is 5.57. The SMILES string of the molecule is CCCN(CCC)c1c(C)nc(-c2c(Cl)cccc2Cl)nc1OC. The number of hydrogen-bond donors (Lipinski definition) is 0. The molecule has 0 saturated carbocycles. The van der Waals surface area contributed by atoms with Gasteiger partial charge in [0.05, 0.1) is 28.4 Å². The Morgan fingerprint density at radius 1 is 1.04 bits per heavy atom. The van der Waals surface area contributed by atoms with Crippen LogP contribution in [0, 0.1) is 6.92 Å². The Morgan fingerprint density at radius 2 is 1.62 bits per heavy atom. The van der Waals surface area contributed by atoms with Gasteiger partial charge in [-0.15, -0.1) is 0 Å². The number of nitrogens with zero attached hydrogens (tertiary/aromatic N) is 3. The van der Waals surface area contributed by atoms with Gasteiger partial charge in [0.1, 0.15) is 5.69 Å². The van der Waals surface area contributed by atoms with E-state index in [1.54, 1.807) is 25.3 Å². The van der Waals surface area contributed by atoms with Crippen molar-refractivity contribution < 1.29 is 4.74 Å². The maximum atomic E-state index is 6.30. The van der Waals surface area contributed by atoms with Gasteiger partial charge in [0.15, 0.2) is 5.82 Å². The van der Waals surface area contributed by atoms with Crippen LogP contribution in [0.1, 0.15) is 32.4 Å². The smallest absolute Gasteiger partial charge is 0.241 e. The van der Waals surface area contributed by atoms with Gasteiger partial charge in [0.2, 0.25) is 5.88 Å². The molecule has 130 valence electrons. The first-order valence-electron chi connectivity index (χ1n) is 8.15. The molecule has 2 aromatic rings. The van der Waals surface area contributed by atoms with Crippen molar-refractivity contribution in [1.29, 1.82) is 0 Å². The molecule has 0 unspecified atom stereocenters. The molecule has 0 spiro atoms. The van der Waals surface area contributed by atoms with E-state index in [2.05, 4.69) is 28.7 Å². The molecule has 0 aliphatic carbocycles. The van der Waals surface area contributed by atoms with Crippen LogP contribution in [-0.2, 0) is 0 Å². The minimum Gasteiger partial charge on any atom is -0.479 e. The highest BCUT2D eigenvalue weighted by Gasteiger charge is 2.20. The number of benzene rings is 1. The van der Waals surface area contributed by atoms with Crippen molar-refractivity contribution >= 4 is 28.9 Å². The van der Waals surface area contributed by atoms with Crippen molar-refractivity contribution in [2.75, 3.05) is 25.1 Å². The molecule has 0 fully saturated rings. The summed E-state index contributed by atoms with van der Waals surface area (Å²) in [6, 6.07) is 5.36. The van der Waals surface area contributed by atoms with Crippen LogP contribution in [0.15, 0.2) is 18.2 Å². The number of anilines is 1. The molecule has 1 heterocycles. The van der Waals surface area contributed by atoms with Crippen molar-refractivity contribution in [2.45, 2.75) is 33.6 Å². The van der Waals surface area contributed by atoms with Gasteiger partial charge in [0.25, 0.3) is 0 Å². The average molecular weight is 368 g/mol. The molecule has 0 radical (unpaired) electrons. The summed E-state index contributed by atoms with van der Waals surface area (Å²) in [6.45, 7) is 8.14. The third-order valence-corrected chi connectivity index (χ3v) is 4.34. The van der Waals surface area contributed by atoms with E-state index >= 15 is 0 Å². The number of methoxy groups -OCH3 is 1. The zero-order valence-electron chi connectivity index (χ0n) is 14.6. The molecule has 6 heteroatoms. The lowest BCUT2D eigenvalue weighted by Gasteiger charge is -2.26. The van der Waals surface area contributed by atoms with Gasteiger partial charge < -0.3 is 9.64 Å². The predicted molar refractivity (Wildman–Crippen MR) is 102 cm³/mol. The minimum atomic E-state index is 0.483. The number of aromatic nitrogens is 2. The van der Waals surface area contributed by atoms with Crippen LogP contribution in [0.25, 0.3) is 11.4 Å². The maximum absolute atomic E-state index is 6.30. The lowest BCUT2D eigenvalue weighted by atomic mass is 10.2. The molecular weight excluding hydrogens is 345 g/mol. The Balaban J connectivity index is 2.58. The van der Waals surface area contributed by atoms with Crippen LogP contribution in [0.5, 0.6) is 5.88 Å². The first-order valence-corrected chi connectivity index (χ1v) is 8.90. The van der Waals surface area contributed by atoms with E-state index in [-0.39, 0.29) is 0 Å². The fourth-order valence-corrected chi connectivity index (χ4v) is 3.31. The summed E-state index contributed by atoms with van der Waals surface area (Å²) in [6.07, 6.45) is 2.08. The fourth-order valence-electron chi connectivity index (χ4n) is 2.75. The van der Waals surface area contributed by atoms with E-state index in [1.807, 2.05) is 6.92 Å². The van der Waals surface area contributed by atoms with Crippen LogP contribution >= 0.6 is 23.2 Å². The van der Waals surface area contributed by atoms with Crippen LogP contribution < -0.4 is 9.64 Å². The zero-order chi connectivity index (χ0) is 17.7. The summed E-state index contributed by atoms with van der Waals surface area (Å²) in [5.41, 5.74) is 2.43. The van der Waals surface area contributed by atoms with Crippen molar-refractivity contribution in [1.82, 2.24) is 9.97 Å². The molecule has 2 rings (SSSR count). The molecule has 1 aromatic carbocycles. The van der Waals surface area contributed by atoms with E-state index in [4.69, 9.17) is 27.9 Å². The quantitative estimate of drug-likeness (QED) is 0.656. The van der Waals surface area contributed by atoms with Crippen molar-refractivity contribution in [3.8, 4) is 17.3 Å². The van der Waals surface area contributed by atoms with Gasteiger partial charge in [0, 0.05) is 13.1 Å². The van der Waals surface area contributed by atoms with E-state index in [1.165, 1.54) is 0 Å². The number of ether oxygens (including phenoxy) is 1. The van der Waals surface area contributed by atoms with E-state index < -0.39 is 0 Å². The van der Waals surface area contributed by atoms with E-state index in [0.29, 0.717) is 27.3 Å². The summed E-state index contributed by atoms with van der Waals surface area (Å²) in [4.78, 5) is 11.5. The van der Waals surface area contributed by atoms with Gasteiger partial charge in [-0.05, 0) is 31.9 Å². The number of aryl methyl sites for hydroxylation is 1. The van der Waals surface area contributed by atoms with E-state index in [0.717, 1.165) is 37.3 Å². The third kappa shape index (κ3) is 3.93. The monoisotopic (exact) mass is 367 g/mol. The Bertz CT molecular complexity index is 681. The second-order valence-corrected chi connectivity index (χ2v) is 6.39. The van der Waals surface area contributed by atoms with Crippen LogP contribution in [-0.4, -0.2) is 30.2 Å². The molecule has 0 bridgehead atoms. The van der Waals surface area contributed by atoms with Crippen molar-refractivity contribution in [3.05, 3.63) is 33.9 Å². The Kier molecular flexibility index (Phi) is 6.69. The Hall–Kier alpha value is -1.52. The number of hydrogen-bond acceptors (Lipinski definition) is 4. The predicted octanol–water partition coefficient (Wildman–Crippen LogP) is 5.39. The lowest BCUT2D eigenvalue weighted by molar-refractivity contribution is 0.396. The number of halogens is 2. The van der Waals surface area contributed by atoms with Gasteiger partial charge in [-0.25, -0.2) is 4.98 Å². The molecule has 0 aliphatic heterocycles. The normalized spacial score (nSPS) is 10.8. The Labute approximate surface area is 153 Å². The molecule has 0 N–H and O–H groups in total. The van der Waals surface area contributed by atoms with Crippen molar-refractivity contribution in [3.63, 3.8) is 0 Å². The van der Waals surface area contributed by atoms with Crippen molar-refractivity contribution in [2.24, 2.45) is 0 Å². The maximum Gasteiger partial charge on any atom is 0.241 e. The number of rotatable bonds is 7. The van der Waals surface area contributed by atoms with E-state index in [9.17, 15) is 0 Å². The fraction of sp³-hybridized carbons (Fsp3) is 0.444. The molecule has 0 atom stereocenters. The summed E-state index contributed by atoms with van der Waals surface area (Å²) >= 11 is 12.6. The molecule has 24 heavy (non-hydrogen) atoms. The highest BCUT2D eigenvalue weighted by atomic mass is 35.5. The van der Waals surface area contributed by atoms with Crippen LogP contribution in [0.4, 0.5) is 5.69 Å². The van der Waals surface area contributed by atoms with Gasteiger partial charge in [-0.1, -0.05) is 43.1 Å². The summed E-state index contributed by atoms with van der Waals surface area (Å²) in [5, 5.41) is 1.05. The minimum absolute atomic E-state index is 0.483. The molecule has 4 nitrogen and oxygen atoms in total. The van der Waals surface area contributed by atoms with Gasteiger partial charge in [-0.3, -0.25) is 0 Å². The summed E-state index contributed by atoms with van der Waals surface area (Å²) < 4.78 is 5.56. The third-order valence-electron chi connectivity index (χ3n) is 3.71. The molecular formula is C18H23Cl2N3O. The highest BCUT2D eigenvalue weighted by molar-refractivity contribution is 6.38. The second kappa shape index (κ2) is 8.54. The standard InChI is InChI=1S/C18H23Cl2N3O/c1-5-10-23(11-6-2)16-12(3)21-17(22-18(16)24-4)15-13(19)8-7-9-14(15)20/h7-9H,5-6,10-11H2,1-4H3. The van der Waals surface area contributed by atoms with Gasteiger partial charge in [-0.2, -0.15) is 4.98 Å². The lowest BCUT2D eigenvalue weighted by Crippen LogP contribution is -2.27. The molecule has 0 amide bonds. The molecule has 0 saturated heterocycles. The Morgan fingerprint density at radius 3 is 2.12 bits per heavy atom. The average Bonchev–Trinajstić information content (AvgIpc) is 2.54. The first-order chi connectivity index (χ1) is 11.5. The topological polar surface area (TPSA) is 38.2 Å². The summed E-state index contributed by atoms with van der Waals surface area (Å²) in [5.74, 6) is 1.03.